The minimum absolute atomic E-state index is 0.152. The summed E-state index contributed by atoms with van der Waals surface area (Å²) in [6.07, 6.45) is 3.43. The number of hydrogen-bond acceptors (Lipinski definition) is 2. The third-order valence-electron chi connectivity index (χ3n) is 4.15. The summed E-state index contributed by atoms with van der Waals surface area (Å²) >= 11 is 5.41. The number of imidazole rings is 1. The Balaban J connectivity index is 2.37. The molecule has 1 N–H and O–H groups in total. The van der Waals surface area contributed by atoms with E-state index in [0.29, 0.717) is 18.1 Å². The Morgan fingerprint density at radius 3 is 2.65 bits per heavy atom. The van der Waals surface area contributed by atoms with E-state index in [2.05, 4.69) is 37.2 Å². The topological polar surface area (TPSA) is 29.9 Å². The summed E-state index contributed by atoms with van der Waals surface area (Å²) in [5.74, 6) is 0.486. The Kier molecular flexibility index (Phi) is 3.21. The number of nitrogens with one attached hydrogen (secondary N) is 1. The lowest BCUT2D eigenvalue weighted by Crippen LogP contribution is -2.51. The lowest BCUT2D eigenvalue weighted by atomic mass is 9.64. The molecule has 1 aliphatic carbocycles. The van der Waals surface area contributed by atoms with E-state index >= 15 is 0 Å². The molecule has 1 aromatic heterocycles. The van der Waals surface area contributed by atoms with E-state index in [9.17, 15) is 0 Å². The summed E-state index contributed by atoms with van der Waals surface area (Å²) in [6.45, 7) is 8.92. The van der Waals surface area contributed by atoms with Gasteiger partial charge in [-0.15, -0.1) is 0 Å². The maximum Gasteiger partial charge on any atom is 0.177 e. The molecule has 1 saturated carbocycles. The smallest absolute Gasteiger partial charge is 0.177 e. The standard InChI is InChI=1S/C13H22N2OS/c1-8(2)9-7-14-12(17)15(9)10-6-11(16-5)13(10,3)4/h7-8,10-11H,6H2,1-5H3,(H,14,17). The van der Waals surface area contributed by atoms with Crippen LogP contribution in [-0.4, -0.2) is 22.8 Å². The summed E-state index contributed by atoms with van der Waals surface area (Å²) in [5.41, 5.74) is 1.45. The third-order valence-corrected chi connectivity index (χ3v) is 4.47. The molecule has 0 bridgehead atoms. The lowest BCUT2D eigenvalue weighted by molar-refractivity contribution is -0.113. The summed E-state index contributed by atoms with van der Waals surface area (Å²) in [6, 6.07) is 0.448. The van der Waals surface area contributed by atoms with Gasteiger partial charge >= 0.3 is 0 Å². The van der Waals surface area contributed by atoms with E-state index in [1.165, 1.54) is 5.69 Å². The molecule has 0 amide bonds. The van der Waals surface area contributed by atoms with Gasteiger partial charge < -0.3 is 14.3 Å². The molecular weight excluding hydrogens is 232 g/mol. The van der Waals surface area contributed by atoms with E-state index in [-0.39, 0.29) is 5.41 Å². The number of hydrogen-bond donors (Lipinski definition) is 1. The Labute approximate surface area is 108 Å². The van der Waals surface area contributed by atoms with Gasteiger partial charge in [0.25, 0.3) is 0 Å². The fourth-order valence-corrected chi connectivity index (χ4v) is 3.15. The molecule has 0 saturated heterocycles. The second-order valence-corrected chi connectivity index (χ2v) is 6.23. The second kappa shape index (κ2) is 4.25. The van der Waals surface area contributed by atoms with Crippen LogP contribution in [0.5, 0.6) is 0 Å². The minimum Gasteiger partial charge on any atom is -0.381 e. The summed E-state index contributed by atoms with van der Waals surface area (Å²) < 4.78 is 8.63. The number of methoxy groups -OCH3 is 1. The predicted molar refractivity (Wildman–Crippen MR) is 71.9 cm³/mol. The van der Waals surface area contributed by atoms with Crippen LogP contribution in [0.15, 0.2) is 6.20 Å². The van der Waals surface area contributed by atoms with Gasteiger partial charge in [-0.05, 0) is 24.6 Å². The van der Waals surface area contributed by atoms with Gasteiger partial charge in [0.1, 0.15) is 0 Å². The highest BCUT2D eigenvalue weighted by Gasteiger charge is 2.50. The number of aromatic amines is 1. The van der Waals surface area contributed by atoms with Gasteiger partial charge in [0.2, 0.25) is 0 Å². The molecule has 3 nitrogen and oxygen atoms in total. The average Bonchev–Trinajstić information content (AvgIpc) is 2.60. The largest absolute Gasteiger partial charge is 0.381 e. The molecule has 1 aliphatic rings. The van der Waals surface area contributed by atoms with Crippen LogP contribution in [0.3, 0.4) is 0 Å². The summed E-state index contributed by atoms with van der Waals surface area (Å²) in [4.78, 5) is 3.18. The van der Waals surface area contributed by atoms with Gasteiger partial charge in [0.15, 0.2) is 4.77 Å². The quantitative estimate of drug-likeness (QED) is 0.834. The van der Waals surface area contributed by atoms with Crippen LogP contribution < -0.4 is 0 Å². The fraction of sp³-hybridized carbons (Fsp3) is 0.769. The number of nitrogens with zero attached hydrogens (tertiary/aromatic N) is 1. The molecule has 0 spiro atoms. The van der Waals surface area contributed by atoms with Crippen LogP contribution in [0.25, 0.3) is 0 Å². The molecule has 96 valence electrons. The zero-order valence-electron chi connectivity index (χ0n) is 11.3. The van der Waals surface area contributed by atoms with Crippen LogP contribution in [-0.2, 0) is 4.74 Å². The van der Waals surface area contributed by atoms with Crippen molar-refractivity contribution in [3.05, 3.63) is 16.7 Å². The van der Waals surface area contributed by atoms with Crippen molar-refractivity contribution in [1.82, 2.24) is 9.55 Å². The molecule has 0 aliphatic heterocycles. The number of ether oxygens (including phenoxy) is 1. The summed E-state index contributed by atoms with van der Waals surface area (Å²) in [7, 11) is 1.79. The zero-order valence-corrected chi connectivity index (χ0v) is 12.1. The number of H-pyrrole nitrogens is 1. The Morgan fingerprint density at radius 2 is 2.18 bits per heavy atom. The molecule has 1 aromatic rings. The lowest BCUT2D eigenvalue weighted by Gasteiger charge is -2.52. The molecule has 2 rings (SSSR count). The number of aromatic nitrogens is 2. The van der Waals surface area contributed by atoms with Crippen molar-refractivity contribution in [3.8, 4) is 0 Å². The zero-order chi connectivity index (χ0) is 12.8. The first kappa shape index (κ1) is 12.8. The van der Waals surface area contributed by atoms with Crippen molar-refractivity contribution < 1.29 is 4.74 Å². The molecule has 0 radical (unpaired) electrons. The maximum atomic E-state index is 5.51. The molecule has 1 heterocycles. The molecule has 1 fully saturated rings. The normalized spacial score (nSPS) is 27.2. The van der Waals surface area contributed by atoms with Gasteiger partial charge in [0.05, 0.1) is 6.10 Å². The minimum atomic E-state index is 0.152. The highest BCUT2D eigenvalue weighted by Crippen LogP contribution is 2.51. The van der Waals surface area contributed by atoms with Crippen LogP contribution in [0.4, 0.5) is 0 Å². The van der Waals surface area contributed by atoms with E-state index < -0.39 is 0 Å². The van der Waals surface area contributed by atoms with Gasteiger partial charge in [-0.2, -0.15) is 0 Å². The molecule has 2 unspecified atom stereocenters. The van der Waals surface area contributed by atoms with Gasteiger partial charge in [-0.1, -0.05) is 27.7 Å². The van der Waals surface area contributed by atoms with Crippen molar-refractivity contribution >= 4 is 12.2 Å². The van der Waals surface area contributed by atoms with Crippen molar-refractivity contribution in [3.63, 3.8) is 0 Å². The van der Waals surface area contributed by atoms with Crippen LogP contribution >= 0.6 is 12.2 Å². The second-order valence-electron chi connectivity index (χ2n) is 5.84. The van der Waals surface area contributed by atoms with Gasteiger partial charge in [-0.3, -0.25) is 0 Å². The van der Waals surface area contributed by atoms with E-state index in [1.807, 2.05) is 6.20 Å². The van der Waals surface area contributed by atoms with Crippen LogP contribution in [0, 0.1) is 10.2 Å². The first-order chi connectivity index (χ1) is 7.89. The van der Waals surface area contributed by atoms with Gasteiger partial charge in [-0.25, -0.2) is 0 Å². The fourth-order valence-electron chi connectivity index (χ4n) is 2.86. The van der Waals surface area contributed by atoms with E-state index in [0.717, 1.165) is 11.2 Å². The number of rotatable bonds is 3. The van der Waals surface area contributed by atoms with E-state index in [4.69, 9.17) is 17.0 Å². The first-order valence-corrected chi connectivity index (χ1v) is 6.63. The average molecular weight is 254 g/mol. The third kappa shape index (κ3) is 1.87. The SMILES string of the molecule is COC1CC(n2c(C(C)C)c[nH]c2=S)C1(C)C. The van der Waals surface area contributed by atoms with Crippen LogP contribution in [0.1, 0.15) is 51.8 Å². The Hall–Kier alpha value is -0.610. The molecule has 17 heavy (non-hydrogen) atoms. The van der Waals surface area contributed by atoms with E-state index in [1.54, 1.807) is 7.11 Å². The van der Waals surface area contributed by atoms with Crippen molar-refractivity contribution in [2.45, 2.75) is 52.2 Å². The summed E-state index contributed by atoms with van der Waals surface area (Å²) in [5, 5.41) is 0. The van der Waals surface area contributed by atoms with Crippen molar-refractivity contribution in [2.75, 3.05) is 7.11 Å². The highest BCUT2D eigenvalue weighted by atomic mass is 32.1. The molecular formula is C13H22N2OS. The molecule has 0 aromatic carbocycles. The monoisotopic (exact) mass is 254 g/mol. The predicted octanol–water partition coefficient (Wildman–Crippen LogP) is 3.66. The first-order valence-electron chi connectivity index (χ1n) is 6.22. The molecule has 2 atom stereocenters. The van der Waals surface area contributed by atoms with Gasteiger partial charge in [0, 0.05) is 30.5 Å². The molecule has 4 heteroatoms. The van der Waals surface area contributed by atoms with Crippen molar-refractivity contribution in [1.29, 1.82) is 0 Å². The van der Waals surface area contributed by atoms with Crippen molar-refractivity contribution in [2.24, 2.45) is 5.41 Å². The maximum absolute atomic E-state index is 5.51. The van der Waals surface area contributed by atoms with Crippen LogP contribution in [0.2, 0.25) is 0 Å². The Bertz CT molecular complexity index is 458. The highest BCUT2D eigenvalue weighted by molar-refractivity contribution is 7.71. The Morgan fingerprint density at radius 1 is 1.53 bits per heavy atom.